The van der Waals surface area contributed by atoms with Gasteiger partial charge in [-0.25, -0.2) is 13.2 Å². The van der Waals surface area contributed by atoms with Gasteiger partial charge in [-0.15, -0.1) is 0 Å². The molecule has 1 heterocycles. The fourth-order valence-electron chi connectivity index (χ4n) is 2.72. The van der Waals surface area contributed by atoms with E-state index in [-0.39, 0.29) is 22.1 Å². The zero-order valence-electron chi connectivity index (χ0n) is 15.8. The Hall–Kier alpha value is -2.17. The van der Waals surface area contributed by atoms with Gasteiger partial charge in [0.05, 0.1) is 19.8 Å². The molecule has 0 aliphatic carbocycles. The second-order valence-electron chi connectivity index (χ2n) is 6.04. The van der Waals surface area contributed by atoms with Crippen molar-refractivity contribution in [1.29, 1.82) is 0 Å². The van der Waals surface area contributed by atoms with Crippen LogP contribution >= 0.6 is 0 Å². The number of ether oxygens (including phenoxy) is 2. The summed E-state index contributed by atoms with van der Waals surface area (Å²) in [5, 5.41) is 0. The third-order valence-corrected chi connectivity index (χ3v) is 6.02. The first-order valence-corrected chi connectivity index (χ1v) is 9.87. The number of carbonyl (C=O) groups excluding carboxylic acids is 2. The van der Waals surface area contributed by atoms with Crippen LogP contribution in [0, 0.1) is 0 Å². The minimum atomic E-state index is -4.04. The van der Waals surface area contributed by atoms with E-state index in [0.717, 1.165) is 18.9 Å². The minimum Gasteiger partial charge on any atom is -0.495 e. The van der Waals surface area contributed by atoms with E-state index >= 15 is 0 Å². The molecule has 0 N–H and O–H groups in total. The Labute approximate surface area is 158 Å². The maximum Gasteiger partial charge on any atom is 0.338 e. The van der Waals surface area contributed by atoms with E-state index in [1.54, 1.807) is 4.90 Å². The van der Waals surface area contributed by atoms with Gasteiger partial charge in [-0.05, 0) is 38.0 Å². The first-order chi connectivity index (χ1) is 12.7. The Balaban J connectivity index is 2.24. The number of hydrogen-bond donors (Lipinski definition) is 0. The monoisotopic (exact) mass is 400 g/mol. The molecule has 0 unspecified atom stereocenters. The molecule has 0 saturated carbocycles. The molecule has 27 heavy (non-hydrogen) atoms. The normalized spacial score (nSPS) is 15.7. The highest BCUT2D eigenvalue weighted by molar-refractivity contribution is 7.89. The fourth-order valence-corrected chi connectivity index (χ4v) is 3.87. The van der Waals surface area contributed by atoms with Crippen LogP contribution in [-0.4, -0.2) is 70.1 Å². The lowest BCUT2D eigenvalue weighted by atomic mass is 10.2. The maximum atomic E-state index is 12.5. The molecule has 9 nitrogen and oxygen atoms in total. The summed E-state index contributed by atoms with van der Waals surface area (Å²) >= 11 is 0. The van der Waals surface area contributed by atoms with Gasteiger partial charge in [0.15, 0.2) is 6.10 Å². The van der Waals surface area contributed by atoms with E-state index in [1.165, 1.54) is 40.3 Å². The molecule has 0 aromatic heterocycles. The maximum absolute atomic E-state index is 12.5. The van der Waals surface area contributed by atoms with Gasteiger partial charge in [-0.3, -0.25) is 9.63 Å². The number of benzene rings is 1. The lowest BCUT2D eigenvalue weighted by Gasteiger charge is -2.21. The number of nitrogens with zero attached hydrogens (tertiary/aromatic N) is 2. The van der Waals surface area contributed by atoms with Gasteiger partial charge < -0.3 is 14.4 Å². The van der Waals surface area contributed by atoms with Crippen molar-refractivity contribution in [2.24, 2.45) is 0 Å². The highest BCUT2D eigenvalue weighted by atomic mass is 32.2. The van der Waals surface area contributed by atoms with Crippen LogP contribution < -0.4 is 4.74 Å². The zero-order chi connectivity index (χ0) is 20.2. The number of methoxy groups -OCH3 is 1. The van der Waals surface area contributed by atoms with E-state index in [9.17, 15) is 18.0 Å². The van der Waals surface area contributed by atoms with Crippen LogP contribution in [0.25, 0.3) is 0 Å². The second-order valence-corrected chi connectivity index (χ2v) is 7.95. The van der Waals surface area contributed by atoms with E-state index in [2.05, 4.69) is 0 Å². The molecule has 10 heteroatoms. The van der Waals surface area contributed by atoms with Crippen molar-refractivity contribution in [3.63, 3.8) is 0 Å². The van der Waals surface area contributed by atoms with Gasteiger partial charge in [-0.2, -0.15) is 0 Å². The van der Waals surface area contributed by atoms with Crippen LogP contribution in [-0.2, 0) is 24.4 Å². The lowest BCUT2D eigenvalue weighted by Crippen LogP contribution is -2.38. The summed E-state index contributed by atoms with van der Waals surface area (Å²) < 4.78 is 36.0. The average Bonchev–Trinajstić information content (AvgIpc) is 3.20. The van der Waals surface area contributed by atoms with Crippen molar-refractivity contribution >= 4 is 21.9 Å². The number of carbonyl (C=O) groups is 2. The summed E-state index contributed by atoms with van der Waals surface area (Å²) in [5.74, 6) is -1.01. The van der Waals surface area contributed by atoms with Crippen molar-refractivity contribution < 1.29 is 32.3 Å². The molecule has 2 rings (SSSR count). The van der Waals surface area contributed by atoms with Gasteiger partial charge in [0.1, 0.15) is 10.6 Å². The van der Waals surface area contributed by atoms with Gasteiger partial charge in [-0.1, -0.05) is 4.47 Å². The third-order valence-electron chi connectivity index (χ3n) is 4.32. The topological polar surface area (TPSA) is 102 Å². The minimum absolute atomic E-state index is 0.0139. The summed E-state index contributed by atoms with van der Waals surface area (Å²) in [7, 11) is -0.306. The Bertz CT molecular complexity index is 803. The Kier molecular flexibility index (Phi) is 6.79. The molecule has 1 amide bonds. The van der Waals surface area contributed by atoms with Crippen molar-refractivity contribution in [1.82, 2.24) is 9.37 Å². The number of esters is 1. The number of amides is 1. The molecular weight excluding hydrogens is 376 g/mol. The number of sulfonamides is 1. The van der Waals surface area contributed by atoms with Crippen LogP contribution in [0.3, 0.4) is 0 Å². The van der Waals surface area contributed by atoms with Crippen molar-refractivity contribution in [3.8, 4) is 5.75 Å². The zero-order valence-corrected chi connectivity index (χ0v) is 16.6. The molecule has 0 bridgehead atoms. The van der Waals surface area contributed by atoms with Crippen molar-refractivity contribution in [2.45, 2.75) is 30.8 Å². The summed E-state index contributed by atoms with van der Waals surface area (Å²) in [4.78, 5) is 30.8. The number of likely N-dealkylation sites (tertiary alicyclic amines) is 1. The van der Waals surface area contributed by atoms with Gasteiger partial charge in [0.2, 0.25) is 0 Å². The third kappa shape index (κ3) is 4.57. The van der Waals surface area contributed by atoms with Crippen LogP contribution in [0.5, 0.6) is 5.75 Å². The quantitative estimate of drug-likeness (QED) is 0.498. The highest BCUT2D eigenvalue weighted by Gasteiger charge is 2.29. The average molecular weight is 400 g/mol. The van der Waals surface area contributed by atoms with E-state index < -0.39 is 22.1 Å². The summed E-state index contributed by atoms with van der Waals surface area (Å²) in [5.41, 5.74) is -0.0139. The summed E-state index contributed by atoms with van der Waals surface area (Å²) in [6.07, 6.45) is 0.900. The molecule has 1 fully saturated rings. The SMILES string of the molecule is COc1ccc(C(=O)O[C@H](C)C(=O)N2CCCC2)cc1S(=O)(=O)N(C)OC. The van der Waals surface area contributed by atoms with Gasteiger partial charge in [0, 0.05) is 20.1 Å². The predicted molar refractivity (Wildman–Crippen MR) is 95.6 cm³/mol. The van der Waals surface area contributed by atoms with Gasteiger partial charge in [0.25, 0.3) is 15.9 Å². The molecule has 1 saturated heterocycles. The molecule has 1 aliphatic heterocycles. The molecule has 150 valence electrons. The molecule has 1 atom stereocenters. The first kappa shape index (κ1) is 21.1. The molecule has 1 aliphatic rings. The molecule has 0 spiro atoms. The number of hydrogen-bond acceptors (Lipinski definition) is 7. The molecule has 1 aromatic carbocycles. The molecular formula is C17H24N2O7S. The van der Waals surface area contributed by atoms with E-state index in [1.807, 2.05) is 0 Å². The standard InChI is InChI=1S/C17H24N2O7S/c1-12(16(20)19-9-5-6-10-19)26-17(21)13-7-8-14(24-3)15(11-13)27(22,23)18(2)25-4/h7-8,11-12H,5-6,9-10H2,1-4H3/t12-/m1/s1. The van der Waals surface area contributed by atoms with E-state index in [4.69, 9.17) is 14.3 Å². The summed E-state index contributed by atoms with van der Waals surface area (Å²) in [6.45, 7) is 2.79. The molecule has 1 aromatic rings. The van der Waals surface area contributed by atoms with Crippen LogP contribution in [0.1, 0.15) is 30.1 Å². The van der Waals surface area contributed by atoms with Crippen LogP contribution in [0.15, 0.2) is 23.1 Å². The van der Waals surface area contributed by atoms with Crippen molar-refractivity contribution in [3.05, 3.63) is 23.8 Å². The lowest BCUT2D eigenvalue weighted by molar-refractivity contribution is -0.138. The van der Waals surface area contributed by atoms with Crippen molar-refractivity contribution in [2.75, 3.05) is 34.4 Å². The Morgan fingerprint density at radius 3 is 2.37 bits per heavy atom. The van der Waals surface area contributed by atoms with Crippen LogP contribution in [0.4, 0.5) is 0 Å². The number of hydroxylamine groups is 1. The smallest absolute Gasteiger partial charge is 0.338 e. The highest BCUT2D eigenvalue weighted by Crippen LogP contribution is 2.28. The van der Waals surface area contributed by atoms with Crippen LogP contribution in [0.2, 0.25) is 0 Å². The predicted octanol–water partition coefficient (Wildman–Crippen LogP) is 1.04. The first-order valence-electron chi connectivity index (χ1n) is 8.43. The number of rotatable bonds is 7. The second kappa shape index (κ2) is 8.68. The Morgan fingerprint density at radius 2 is 1.81 bits per heavy atom. The molecule has 0 radical (unpaired) electrons. The fraction of sp³-hybridized carbons (Fsp3) is 0.529. The van der Waals surface area contributed by atoms with Gasteiger partial charge >= 0.3 is 5.97 Å². The van der Waals surface area contributed by atoms with E-state index in [0.29, 0.717) is 17.6 Å². The Morgan fingerprint density at radius 1 is 1.19 bits per heavy atom. The largest absolute Gasteiger partial charge is 0.495 e. The summed E-state index contributed by atoms with van der Waals surface area (Å²) in [6, 6.07) is 3.86.